The van der Waals surface area contributed by atoms with E-state index < -0.39 is 5.97 Å². The fraction of sp³-hybridized carbons (Fsp3) is 0.111. The summed E-state index contributed by atoms with van der Waals surface area (Å²) in [6.07, 6.45) is 0. The first kappa shape index (κ1) is 23.3. The lowest BCUT2D eigenvalue weighted by molar-refractivity contribution is -0.137. The molecule has 0 aromatic heterocycles. The molecule has 0 spiro atoms. The van der Waals surface area contributed by atoms with Crippen LogP contribution in [0.15, 0.2) is 96.2 Å². The summed E-state index contributed by atoms with van der Waals surface area (Å²) >= 11 is 3.36. The average molecular weight is 519 g/mol. The maximum Gasteiger partial charge on any atom is 0.360 e. The molecule has 4 rings (SSSR count). The van der Waals surface area contributed by atoms with Crippen molar-refractivity contribution in [1.29, 1.82) is 0 Å². The molecule has 0 saturated carbocycles. The lowest BCUT2D eigenvalue weighted by atomic mass is 9.97. The topological polar surface area (TPSA) is 60.4 Å². The molecule has 0 atom stereocenters. The molecule has 172 valence electrons. The lowest BCUT2D eigenvalue weighted by Gasteiger charge is -2.31. The molecule has 34 heavy (non-hydrogen) atoms. The highest BCUT2D eigenvalue weighted by molar-refractivity contribution is 9.18. The number of carbonyl (C=O) groups excluding carboxylic acids is 1. The van der Waals surface area contributed by atoms with Gasteiger partial charge >= 0.3 is 5.97 Å². The van der Waals surface area contributed by atoms with Crippen LogP contribution in [0.25, 0.3) is 11.5 Å². The zero-order valence-electron chi connectivity index (χ0n) is 18.8. The zero-order valence-corrected chi connectivity index (χ0v) is 20.4. The molecule has 0 N–H and O–H groups in total. The Balaban J connectivity index is 1.82. The van der Waals surface area contributed by atoms with Crippen LogP contribution in [0.5, 0.6) is 11.5 Å². The molecule has 3 aromatic rings. The van der Waals surface area contributed by atoms with Gasteiger partial charge in [0.05, 0.1) is 12.8 Å². The number of esters is 1. The van der Waals surface area contributed by atoms with Crippen LogP contribution in [-0.2, 0) is 20.9 Å². The van der Waals surface area contributed by atoms with Crippen LogP contribution in [0.3, 0.4) is 0 Å². The number of methoxy groups -OCH3 is 1. The largest absolute Gasteiger partial charge is 0.486 e. The van der Waals surface area contributed by atoms with Gasteiger partial charge in [-0.1, -0.05) is 55.1 Å². The van der Waals surface area contributed by atoms with E-state index in [2.05, 4.69) is 27.6 Å². The summed E-state index contributed by atoms with van der Waals surface area (Å²) in [5, 5.41) is 5.91. The number of halogens is 1. The second-order valence-corrected chi connectivity index (χ2v) is 8.57. The van der Waals surface area contributed by atoms with E-state index in [1.165, 1.54) is 12.1 Å². The predicted octanol–water partition coefficient (Wildman–Crippen LogP) is 6.55. The maximum absolute atomic E-state index is 12.9. The number of hydrogen-bond acceptors (Lipinski definition) is 6. The van der Waals surface area contributed by atoms with Crippen molar-refractivity contribution in [3.63, 3.8) is 0 Å². The number of nitrogens with zero attached hydrogens (tertiary/aromatic N) is 2. The molecule has 0 radical (unpaired) electrons. The van der Waals surface area contributed by atoms with Crippen molar-refractivity contribution in [3.8, 4) is 11.5 Å². The first-order valence-corrected chi connectivity index (χ1v) is 11.3. The monoisotopic (exact) mass is 518 g/mol. The Kier molecular flexibility index (Phi) is 7.13. The van der Waals surface area contributed by atoms with Crippen LogP contribution in [0.2, 0.25) is 0 Å². The SMILES string of the molecule is C=C1c2cc(Oc3ccccc3)ccc2C(OCc2ccccc2)=C(C(=O)OC)N1/N=C(\C)Br. The van der Waals surface area contributed by atoms with E-state index in [0.717, 1.165) is 11.1 Å². The van der Waals surface area contributed by atoms with Crippen molar-refractivity contribution in [3.05, 3.63) is 108 Å². The van der Waals surface area contributed by atoms with Crippen LogP contribution in [0.1, 0.15) is 23.6 Å². The van der Waals surface area contributed by atoms with Gasteiger partial charge in [-0.2, -0.15) is 5.10 Å². The number of carbonyl (C=O) groups is 1. The number of para-hydroxylation sites is 1. The van der Waals surface area contributed by atoms with Crippen molar-refractivity contribution in [1.82, 2.24) is 5.01 Å². The summed E-state index contributed by atoms with van der Waals surface area (Å²) in [6.45, 7) is 6.22. The van der Waals surface area contributed by atoms with Crippen molar-refractivity contribution in [2.24, 2.45) is 5.10 Å². The van der Waals surface area contributed by atoms with E-state index in [0.29, 0.717) is 33.1 Å². The summed E-state index contributed by atoms with van der Waals surface area (Å²) in [6, 6.07) is 24.7. The Labute approximate surface area is 206 Å². The fourth-order valence-corrected chi connectivity index (χ4v) is 3.68. The minimum absolute atomic E-state index is 0.145. The van der Waals surface area contributed by atoms with Crippen molar-refractivity contribution >= 4 is 38.0 Å². The third kappa shape index (κ3) is 5.05. The van der Waals surface area contributed by atoms with Gasteiger partial charge in [-0.15, -0.1) is 0 Å². The van der Waals surface area contributed by atoms with Gasteiger partial charge in [0.1, 0.15) is 22.7 Å². The van der Waals surface area contributed by atoms with Crippen LogP contribution in [0, 0.1) is 0 Å². The normalized spacial score (nSPS) is 13.4. The van der Waals surface area contributed by atoms with Gasteiger partial charge in [0, 0.05) is 11.1 Å². The van der Waals surface area contributed by atoms with Crippen LogP contribution in [0.4, 0.5) is 0 Å². The molecule has 0 unspecified atom stereocenters. The Morgan fingerprint density at radius 3 is 2.29 bits per heavy atom. The van der Waals surface area contributed by atoms with E-state index >= 15 is 0 Å². The highest BCUT2D eigenvalue weighted by Gasteiger charge is 2.35. The number of benzene rings is 3. The van der Waals surface area contributed by atoms with E-state index in [9.17, 15) is 4.79 Å². The molecule has 6 nitrogen and oxygen atoms in total. The Bertz CT molecular complexity index is 1270. The molecular formula is C27H23BrN2O4. The van der Waals surface area contributed by atoms with Gasteiger partial charge < -0.3 is 14.2 Å². The summed E-state index contributed by atoms with van der Waals surface area (Å²) in [5.41, 5.74) is 3.01. The standard InChI is InChI=1S/C27H23BrN2O4/c1-18-24-16-22(34-21-12-8-5-9-13-21)14-15-23(24)26(33-17-20-10-6-4-7-11-20)25(27(31)32-3)30(18)29-19(2)28/h4-16H,1,17H2,2-3H3/b29-19+. The summed E-state index contributed by atoms with van der Waals surface area (Å²) in [4.78, 5) is 12.9. The second kappa shape index (κ2) is 10.4. The van der Waals surface area contributed by atoms with Crippen molar-refractivity contribution < 1.29 is 19.0 Å². The van der Waals surface area contributed by atoms with E-state index in [4.69, 9.17) is 14.2 Å². The lowest BCUT2D eigenvalue weighted by Crippen LogP contribution is -2.29. The van der Waals surface area contributed by atoms with Crippen LogP contribution in [-0.4, -0.2) is 22.7 Å². The second-order valence-electron chi connectivity index (χ2n) is 7.42. The Morgan fingerprint density at radius 1 is 0.971 bits per heavy atom. The molecule has 7 heteroatoms. The third-order valence-corrected chi connectivity index (χ3v) is 5.21. The van der Waals surface area contributed by atoms with Gasteiger partial charge in [0.2, 0.25) is 0 Å². The zero-order chi connectivity index (χ0) is 24.1. The molecule has 0 bridgehead atoms. The Hall–Kier alpha value is -3.84. The molecule has 0 saturated heterocycles. The number of hydrazone groups is 1. The number of fused-ring (bicyclic) bond motifs is 1. The summed E-state index contributed by atoms with van der Waals surface area (Å²) in [7, 11) is 1.32. The highest BCUT2D eigenvalue weighted by Crippen LogP contribution is 2.41. The van der Waals surface area contributed by atoms with Gasteiger partial charge in [0.25, 0.3) is 0 Å². The molecule has 1 aliphatic heterocycles. The third-order valence-electron chi connectivity index (χ3n) is 5.05. The molecule has 3 aromatic carbocycles. The van der Waals surface area contributed by atoms with Crippen molar-refractivity contribution in [2.45, 2.75) is 13.5 Å². The molecule has 1 heterocycles. The van der Waals surface area contributed by atoms with Gasteiger partial charge in [-0.25, -0.2) is 9.80 Å². The van der Waals surface area contributed by atoms with Crippen LogP contribution < -0.4 is 4.74 Å². The molecular weight excluding hydrogens is 496 g/mol. The molecule has 0 amide bonds. The minimum atomic E-state index is -0.586. The van der Waals surface area contributed by atoms with E-state index in [1.807, 2.05) is 78.9 Å². The average Bonchev–Trinajstić information content (AvgIpc) is 2.85. The van der Waals surface area contributed by atoms with E-state index in [-0.39, 0.29) is 12.3 Å². The summed E-state index contributed by atoms with van der Waals surface area (Å²) in [5.74, 6) is 1.09. The first-order valence-electron chi connectivity index (χ1n) is 10.5. The number of rotatable bonds is 7. The predicted molar refractivity (Wildman–Crippen MR) is 136 cm³/mol. The van der Waals surface area contributed by atoms with Crippen LogP contribution >= 0.6 is 15.9 Å². The van der Waals surface area contributed by atoms with Gasteiger partial charge in [-0.05, 0) is 58.7 Å². The summed E-state index contributed by atoms with van der Waals surface area (Å²) < 4.78 is 17.9. The smallest absolute Gasteiger partial charge is 0.360 e. The molecule has 0 aliphatic carbocycles. The molecule has 1 aliphatic rings. The Morgan fingerprint density at radius 2 is 1.65 bits per heavy atom. The fourth-order valence-electron chi connectivity index (χ4n) is 3.52. The first-order chi connectivity index (χ1) is 16.5. The van der Waals surface area contributed by atoms with Crippen molar-refractivity contribution in [2.75, 3.05) is 7.11 Å². The van der Waals surface area contributed by atoms with Gasteiger partial charge in [-0.3, -0.25) is 0 Å². The highest BCUT2D eigenvalue weighted by atomic mass is 79.9. The minimum Gasteiger partial charge on any atom is -0.486 e. The maximum atomic E-state index is 12.9. The quantitative estimate of drug-likeness (QED) is 0.262. The van der Waals surface area contributed by atoms with E-state index in [1.54, 1.807) is 6.92 Å². The van der Waals surface area contributed by atoms with Gasteiger partial charge in [0.15, 0.2) is 11.5 Å². The molecule has 0 fully saturated rings. The number of ether oxygens (including phenoxy) is 3. The number of hydrogen-bond donors (Lipinski definition) is 0.